The van der Waals surface area contributed by atoms with Crippen LogP contribution < -0.4 is 5.32 Å². The van der Waals surface area contributed by atoms with Gasteiger partial charge in [-0.15, -0.1) is 0 Å². The molecule has 3 heteroatoms. The molecule has 0 atom stereocenters. The van der Waals surface area contributed by atoms with Crippen LogP contribution in [0.15, 0.2) is 35.4 Å². The van der Waals surface area contributed by atoms with Crippen LogP contribution in [0.1, 0.15) is 5.56 Å². The number of hydrazone groups is 1. The van der Waals surface area contributed by atoms with Gasteiger partial charge in [0.25, 0.3) is 0 Å². The summed E-state index contributed by atoms with van der Waals surface area (Å²) in [4.78, 5) is 0. The summed E-state index contributed by atoms with van der Waals surface area (Å²) in [5.41, 5.74) is 1.26. The van der Waals surface area contributed by atoms with Gasteiger partial charge in [0.15, 0.2) is 0 Å². The molecule has 1 fully saturated rings. The molecular weight excluding hydrogens is 186 g/mol. The monoisotopic (exact) mass is 202 g/mol. The molecule has 1 aliphatic rings. The number of nitrogens with one attached hydrogen (secondary N) is 1. The minimum atomic E-state index is 0.796. The minimum Gasteiger partial charge on any atom is -0.313 e. The van der Waals surface area contributed by atoms with Crippen LogP contribution in [-0.2, 0) is 6.42 Å². The van der Waals surface area contributed by atoms with Crippen LogP contribution in [0.3, 0.4) is 0 Å². The van der Waals surface area contributed by atoms with Gasteiger partial charge >= 0.3 is 0 Å². The molecule has 1 aromatic rings. The second-order valence-corrected chi connectivity index (χ2v) is 3.62. The SMILES string of the molecule is [C](/Cc1ccccc1)=N\N1CCNCC1. The summed E-state index contributed by atoms with van der Waals surface area (Å²) >= 11 is 0. The summed E-state index contributed by atoms with van der Waals surface area (Å²) in [6, 6.07) is 10.3. The van der Waals surface area contributed by atoms with Gasteiger partial charge < -0.3 is 5.32 Å². The van der Waals surface area contributed by atoms with Crippen molar-refractivity contribution in [3.63, 3.8) is 0 Å². The Morgan fingerprint density at radius 2 is 1.93 bits per heavy atom. The highest BCUT2D eigenvalue weighted by Gasteiger charge is 2.04. The third-order valence-electron chi connectivity index (χ3n) is 2.43. The normalized spacial score (nSPS) is 17.2. The Labute approximate surface area is 90.8 Å². The van der Waals surface area contributed by atoms with Gasteiger partial charge in [-0.1, -0.05) is 30.3 Å². The molecule has 1 aliphatic heterocycles. The van der Waals surface area contributed by atoms with E-state index in [1.807, 2.05) is 18.2 Å². The highest BCUT2D eigenvalue weighted by atomic mass is 15.5. The van der Waals surface area contributed by atoms with Crippen LogP contribution in [0.5, 0.6) is 0 Å². The fourth-order valence-corrected chi connectivity index (χ4v) is 1.58. The van der Waals surface area contributed by atoms with Crippen molar-refractivity contribution in [2.24, 2.45) is 5.10 Å². The van der Waals surface area contributed by atoms with Crippen molar-refractivity contribution in [3.8, 4) is 0 Å². The van der Waals surface area contributed by atoms with E-state index in [0.29, 0.717) is 0 Å². The van der Waals surface area contributed by atoms with E-state index in [2.05, 4.69) is 33.8 Å². The van der Waals surface area contributed by atoms with Crippen molar-refractivity contribution in [3.05, 3.63) is 35.9 Å². The lowest BCUT2D eigenvalue weighted by Gasteiger charge is -2.23. The maximum absolute atomic E-state index is 4.32. The van der Waals surface area contributed by atoms with Crippen LogP contribution in [0.2, 0.25) is 0 Å². The average molecular weight is 202 g/mol. The predicted molar refractivity (Wildman–Crippen MR) is 62.0 cm³/mol. The van der Waals surface area contributed by atoms with Crippen molar-refractivity contribution >= 4 is 6.21 Å². The maximum Gasteiger partial charge on any atom is 0.0884 e. The first-order valence-corrected chi connectivity index (χ1v) is 5.38. The van der Waals surface area contributed by atoms with Crippen molar-refractivity contribution < 1.29 is 0 Å². The molecule has 0 aliphatic carbocycles. The van der Waals surface area contributed by atoms with Gasteiger partial charge in [-0.3, -0.25) is 5.01 Å². The largest absolute Gasteiger partial charge is 0.313 e. The number of piperazine rings is 1. The summed E-state index contributed by atoms with van der Waals surface area (Å²) < 4.78 is 0. The zero-order valence-corrected chi connectivity index (χ0v) is 8.82. The summed E-state index contributed by atoms with van der Waals surface area (Å²) in [5, 5.41) is 9.68. The first-order valence-electron chi connectivity index (χ1n) is 5.38. The topological polar surface area (TPSA) is 27.6 Å². The van der Waals surface area contributed by atoms with E-state index in [1.54, 1.807) is 0 Å². The molecule has 79 valence electrons. The van der Waals surface area contributed by atoms with Crippen molar-refractivity contribution in [1.29, 1.82) is 0 Å². The van der Waals surface area contributed by atoms with Crippen LogP contribution in [-0.4, -0.2) is 37.4 Å². The van der Waals surface area contributed by atoms with Gasteiger partial charge in [-0.05, 0) is 5.56 Å². The van der Waals surface area contributed by atoms with Crippen LogP contribution >= 0.6 is 0 Å². The molecule has 1 aromatic carbocycles. The third-order valence-corrected chi connectivity index (χ3v) is 2.43. The van der Waals surface area contributed by atoms with Gasteiger partial charge in [0.2, 0.25) is 0 Å². The molecule has 1 radical (unpaired) electrons. The summed E-state index contributed by atoms with van der Waals surface area (Å²) in [5.74, 6) is 0. The molecule has 0 spiro atoms. The molecule has 15 heavy (non-hydrogen) atoms. The number of benzene rings is 1. The molecule has 1 N–H and O–H groups in total. The number of hydrogen-bond acceptors (Lipinski definition) is 3. The van der Waals surface area contributed by atoms with Gasteiger partial charge in [-0.2, -0.15) is 5.10 Å². The number of nitrogens with zero attached hydrogens (tertiary/aromatic N) is 2. The molecule has 1 heterocycles. The van der Waals surface area contributed by atoms with Crippen molar-refractivity contribution in [1.82, 2.24) is 10.3 Å². The van der Waals surface area contributed by atoms with E-state index < -0.39 is 0 Å². The molecule has 0 aromatic heterocycles. The fraction of sp³-hybridized carbons (Fsp3) is 0.417. The first kappa shape index (κ1) is 10.2. The van der Waals surface area contributed by atoms with Gasteiger partial charge in [-0.25, -0.2) is 0 Å². The third kappa shape index (κ3) is 3.36. The highest BCUT2D eigenvalue weighted by molar-refractivity contribution is 5.61. The number of hydrogen-bond donors (Lipinski definition) is 1. The Balaban J connectivity index is 1.79. The van der Waals surface area contributed by atoms with E-state index in [0.717, 1.165) is 32.6 Å². The Morgan fingerprint density at radius 1 is 1.20 bits per heavy atom. The van der Waals surface area contributed by atoms with Crippen LogP contribution in [0.25, 0.3) is 0 Å². The number of rotatable bonds is 3. The standard InChI is InChI=1S/C12H16N3/c1-2-4-12(5-3-1)6-7-14-15-10-8-13-9-11-15/h1-5,13H,6,8-11H2. The lowest BCUT2D eigenvalue weighted by Crippen LogP contribution is -2.40. The van der Waals surface area contributed by atoms with Gasteiger partial charge in [0.1, 0.15) is 0 Å². The molecule has 2 rings (SSSR count). The zero-order chi connectivity index (χ0) is 10.3. The molecule has 3 nitrogen and oxygen atoms in total. The molecule has 0 saturated carbocycles. The smallest absolute Gasteiger partial charge is 0.0884 e. The van der Waals surface area contributed by atoms with Crippen molar-refractivity contribution in [2.75, 3.05) is 26.2 Å². The van der Waals surface area contributed by atoms with E-state index in [4.69, 9.17) is 0 Å². The Bertz CT molecular complexity index is 302. The first-order chi connectivity index (χ1) is 7.45. The molecular formula is C12H16N3. The Kier molecular flexibility index (Phi) is 3.74. The maximum atomic E-state index is 4.32. The molecule has 0 amide bonds. The van der Waals surface area contributed by atoms with E-state index >= 15 is 0 Å². The Morgan fingerprint density at radius 3 is 2.67 bits per heavy atom. The average Bonchev–Trinajstić information content (AvgIpc) is 2.32. The quantitative estimate of drug-likeness (QED) is 0.740. The lowest BCUT2D eigenvalue weighted by molar-refractivity contribution is 0.253. The second kappa shape index (κ2) is 5.51. The molecule has 1 saturated heterocycles. The van der Waals surface area contributed by atoms with E-state index in [9.17, 15) is 0 Å². The minimum absolute atomic E-state index is 0.796. The molecule has 0 bridgehead atoms. The molecule has 0 unspecified atom stereocenters. The second-order valence-electron chi connectivity index (χ2n) is 3.62. The van der Waals surface area contributed by atoms with E-state index in [-0.39, 0.29) is 0 Å². The van der Waals surface area contributed by atoms with Crippen LogP contribution in [0, 0.1) is 0 Å². The van der Waals surface area contributed by atoms with Crippen LogP contribution in [0.4, 0.5) is 0 Å². The summed E-state index contributed by atoms with van der Waals surface area (Å²) in [6.07, 6.45) is 3.89. The highest BCUT2D eigenvalue weighted by Crippen LogP contribution is 1.98. The lowest BCUT2D eigenvalue weighted by atomic mass is 10.2. The fourth-order valence-electron chi connectivity index (χ4n) is 1.58. The van der Waals surface area contributed by atoms with Gasteiger partial charge in [0.05, 0.1) is 6.21 Å². The van der Waals surface area contributed by atoms with E-state index in [1.165, 1.54) is 5.56 Å². The summed E-state index contributed by atoms with van der Waals surface area (Å²) in [6.45, 7) is 4.02. The Hall–Kier alpha value is -1.35. The predicted octanol–water partition coefficient (Wildman–Crippen LogP) is 0.997. The van der Waals surface area contributed by atoms with Crippen molar-refractivity contribution in [2.45, 2.75) is 6.42 Å². The summed E-state index contributed by atoms with van der Waals surface area (Å²) in [7, 11) is 0. The van der Waals surface area contributed by atoms with Gasteiger partial charge in [0, 0.05) is 32.6 Å². The zero-order valence-electron chi connectivity index (χ0n) is 8.82.